The maximum absolute atomic E-state index is 11.7. The lowest BCUT2D eigenvalue weighted by Crippen LogP contribution is -2.41. The van der Waals surface area contributed by atoms with E-state index in [-0.39, 0.29) is 5.92 Å². The molecule has 4 nitrogen and oxygen atoms in total. The highest BCUT2D eigenvalue weighted by molar-refractivity contribution is 5.71. The van der Waals surface area contributed by atoms with Crippen LogP contribution in [-0.4, -0.2) is 28.8 Å². The minimum atomic E-state index is -0.753. The molecule has 0 bridgehead atoms. The summed E-state index contributed by atoms with van der Waals surface area (Å²) in [4.78, 5) is 16.0. The third-order valence-electron chi connectivity index (χ3n) is 4.91. The van der Waals surface area contributed by atoms with Crippen molar-refractivity contribution in [3.05, 3.63) is 66.0 Å². The molecule has 25 heavy (non-hydrogen) atoms. The third-order valence-corrected chi connectivity index (χ3v) is 4.91. The van der Waals surface area contributed by atoms with Gasteiger partial charge in [-0.25, -0.2) is 4.98 Å². The second-order valence-corrected chi connectivity index (χ2v) is 6.37. The van der Waals surface area contributed by atoms with Crippen LogP contribution in [0.3, 0.4) is 0 Å². The van der Waals surface area contributed by atoms with Crippen LogP contribution in [0.2, 0.25) is 0 Å². The molecule has 0 radical (unpaired) electrons. The second kappa shape index (κ2) is 7.50. The molecule has 0 amide bonds. The molecule has 3 rings (SSSR count). The van der Waals surface area contributed by atoms with Crippen LogP contribution in [0, 0.1) is 17.8 Å². The first-order chi connectivity index (χ1) is 12.1. The fraction of sp³-hybridized carbons (Fsp3) is 0.333. The predicted octanol–water partition coefficient (Wildman–Crippen LogP) is 3.49. The summed E-state index contributed by atoms with van der Waals surface area (Å²) in [7, 11) is 1.65. The Hall–Kier alpha value is -2.64. The van der Waals surface area contributed by atoms with Crippen molar-refractivity contribution < 1.29 is 14.6 Å². The van der Waals surface area contributed by atoms with E-state index in [9.17, 15) is 9.90 Å². The van der Waals surface area contributed by atoms with Crippen LogP contribution in [0.25, 0.3) is 0 Å². The van der Waals surface area contributed by atoms with Gasteiger partial charge in [0.05, 0.1) is 5.92 Å². The Labute approximate surface area is 147 Å². The Morgan fingerprint density at radius 2 is 2.00 bits per heavy atom. The van der Waals surface area contributed by atoms with Gasteiger partial charge in [0.25, 0.3) is 0 Å². The smallest absolute Gasteiger partial charge is 0.307 e. The molecule has 1 aliphatic carbocycles. The van der Waals surface area contributed by atoms with Crippen molar-refractivity contribution >= 4 is 5.97 Å². The summed E-state index contributed by atoms with van der Waals surface area (Å²) in [5.74, 6) is 5.03. The van der Waals surface area contributed by atoms with Crippen LogP contribution in [0.4, 0.5) is 0 Å². The largest absolute Gasteiger partial charge is 0.481 e. The number of hydrogen-bond donors (Lipinski definition) is 1. The first-order valence-corrected chi connectivity index (χ1v) is 8.41. The van der Waals surface area contributed by atoms with Gasteiger partial charge >= 0.3 is 5.97 Å². The van der Waals surface area contributed by atoms with Gasteiger partial charge in [0.15, 0.2) is 0 Å². The second-order valence-electron chi connectivity index (χ2n) is 6.37. The molecular formula is C21H21NO3. The topological polar surface area (TPSA) is 59.4 Å². The van der Waals surface area contributed by atoms with Gasteiger partial charge in [-0.3, -0.25) is 4.79 Å². The molecule has 1 heterocycles. The Balaban J connectivity index is 1.92. The Bertz CT molecular complexity index is 779. The van der Waals surface area contributed by atoms with E-state index in [0.717, 1.165) is 5.56 Å². The summed E-state index contributed by atoms with van der Waals surface area (Å²) >= 11 is 0. The van der Waals surface area contributed by atoms with E-state index in [1.807, 2.05) is 48.5 Å². The van der Waals surface area contributed by atoms with E-state index < -0.39 is 17.5 Å². The number of carboxylic acids is 1. The molecule has 0 aliphatic heterocycles. The molecule has 1 saturated carbocycles. The van der Waals surface area contributed by atoms with E-state index in [1.165, 1.54) is 0 Å². The van der Waals surface area contributed by atoms with Crippen LogP contribution in [0.1, 0.15) is 36.4 Å². The van der Waals surface area contributed by atoms with E-state index in [0.29, 0.717) is 25.0 Å². The maximum atomic E-state index is 11.7. The molecule has 1 fully saturated rings. The van der Waals surface area contributed by atoms with Gasteiger partial charge in [-0.05, 0) is 42.9 Å². The van der Waals surface area contributed by atoms with Gasteiger partial charge in [0.1, 0.15) is 11.3 Å². The monoisotopic (exact) mass is 335 g/mol. The van der Waals surface area contributed by atoms with Crippen LogP contribution >= 0.6 is 0 Å². The average molecular weight is 335 g/mol. The summed E-state index contributed by atoms with van der Waals surface area (Å²) in [5.41, 5.74) is 1.07. The number of methoxy groups -OCH3 is 1. The predicted molar refractivity (Wildman–Crippen MR) is 95.0 cm³/mol. The molecule has 0 spiro atoms. The summed E-state index contributed by atoms with van der Waals surface area (Å²) in [6.45, 7) is 0. The lowest BCUT2D eigenvalue weighted by atomic mass is 9.69. The van der Waals surface area contributed by atoms with Crippen molar-refractivity contribution in [3.8, 4) is 11.8 Å². The maximum Gasteiger partial charge on any atom is 0.307 e. The molecule has 1 aromatic carbocycles. The molecule has 128 valence electrons. The fourth-order valence-corrected chi connectivity index (χ4v) is 3.50. The zero-order valence-electron chi connectivity index (χ0n) is 14.2. The van der Waals surface area contributed by atoms with E-state index >= 15 is 0 Å². The Morgan fingerprint density at radius 3 is 2.64 bits per heavy atom. The molecule has 1 unspecified atom stereocenters. The van der Waals surface area contributed by atoms with E-state index in [1.54, 1.807) is 13.3 Å². The summed E-state index contributed by atoms with van der Waals surface area (Å²) < 4.78 is 5.79. The Morgan fingerprint density at radius 1 is 1.24 bits per heavy atom. The van der Waals surface area contributed by atoms with Crippen molar-refractivity contribution in [2.75, 3.05) is 7.11 Å². The van der Waals surface area contributed by atoms with Crippen molar-refractivity contribution in [2.24, 2.45) is 5.92 Å². The van der Waals surface area contributed by atoms with Gasteiger partial charge in [-0.2, -0.15) is 0 Å². The Kier molecular flexibility index (Phi) is 5.16. The molecule has 3 atom stereocenters. The molecule has 2 aromatic rings. The van der Waals surface area contributed by atoms with E-state index in [4.69, 9.17) is 4.74 Å². The highest BCUT2D eigenvalue weighted by Crippen LogP contribution is 2.44. The third kappa shape index (κ3) is 3.89. The summed E-state index contributed by atoms with van der Waals surface area (Å²) in [6.07, 6.45) is 3.41. The first kappa shape index (κ1) is 17.2. The molecular weight excluding hydrogens is 314 g/mol. The summed E-state index contributed by atoms with van der Waals surface area (Å²) in [5, 5.41) is 9.63. The number of nitrogens with zero attached hydrogens (tertiary/aromatic N) is 1. The zero-order chi connectivity index (χ0) is 17.7. The number of ether oxygens (including phenoxy) is 1. The standard InChI is InChI=1S/C21H21NO3/c1-25-21(12-10-17-9-5-6-14-22-17)13-11-18(20(23)24)19(15-21)16-7-3-2-4-8-16/h2-9,14,18-19H,11,13,15H2,1H3,(H,23,24)/t18-,19+,21?/m1/s1. The molecule has 1 N–H and O–H groups in total. The van der Waals surface area contributed by atoms with Crippen molar-refractivity contribution in [2.45, 2.75) is 30.8 Å². The molecule has 1 aromatic heterocycles. The van der Waals surface area contributed by atoms with Gasteiger partial charge in [-0.1, -0.05) is 42.3 Å². The van der Waals surface area contributed by atoms with E-state index in [2.05, 4.69) is 16.8 Å². The van der Waals surface area contributed by atoms with Crippen LogP contribution in [-0.2, 0) is 9.53 Å². The quantitative estimate of drug-likeness (QED) is 0.872. The SMILES string of the molecule is COC1(C#Cc2ccccn2)CC[C@@H](C(=O)O)[C@H](c2ccccc2)C1. The van der Waals surface area contributed by atoms with Crippen LogP contribution < -0.4 is 0 Å². The van der Waals surface area contributed by atoms with Crippen molar-refractivity contribution in [1.29, 1.82) is 0 Å². The van der Waals surface area contributed by atoms with Crippen LogP contribution in [0.15, 0.2) is 54.7 Å². The number of carboxylic acid groups (broad SMARTS) is 1. The molecule has 4 heteroatoms. The summed E-state index contributed by atoms with van der Waals surface area (Å²) in [6, 6.07) is 15.4. The molecule has 1 aliphatic rings. The van der Waals surface area contributed by atoms with Gasteiger partial charge in [0.2, 0.25) is 0 Å². The van der Waals surface area contributed by atoms with Gasteiger partial charge in [-0.15, -0.1) is 0 Å². The first-order valence-electron chi connectivity index (χ1n) is 8.41. The number of rotatable bonds is 3. The number of aromatic nitrogens is 1. The van der Waals surface area contributed by atoms with Gasteiger partial charge in [0, 0.05) is 19.2 Å². The lowest BCUT2D eigenvalue weighted by molar-refractivity contribution is -0.145. The number of hydrogen-bond acceptors (Lipinski definition) is 3. The van der Waals surface area contributed by atoms with Crippen molar-refractivity contribution in [3.63, 3.8) is 0 Å². The highest BCUT2D eigenvalue weighted by Gasteiger charge is 2.43. The lowest BCUT2D eigenvalue weighted by Gasteiger charge is -2.39. The minimum Gasteiger partial charge on any atom is -0.481 e. The number of carbonyl (C=O) groups is 1. The fourth-order valence-electron chi connectivity index (χ4n) is 3.50. The number of benzene rings is 1. The van der Waals surface area contributed by atoms with Crippen molar-refractivity contribution in [1.82, 2.24) is 4.98 Å². The normalized spacial score (nSPS) is 25.6. The zero-order valence-corrected chi connectivity index (χ0v) is 14.2. The highest BCUT2D eigenvalue weighted by atomic mass is 16.5. The van der Waals surface area contributed by atoms with Crippen LogP contribution in [0.5, 0.6) is 0 Å². The number of pyridine rings is 1. The van der Waals surface area contributed by atoms with Gasteiger partial charge < -0.3 is 9.84 Å². The molecule has 0 saturated heterocycles. The minimum absolute atomic E-state index is 0.120. The number of aliphatic carboxylic acids is 1. The average Bonchev–Trinajstić information content (AvgIpc) is 2.67.